The maximum atomic E-state index is 12.2. The van der Waals surface area contributed by atoms with Gasteiger partial charge in [-0.25, -0.2) is 0 Å². The summed E-state index contributed by atoms with van der Waals surface area (Å²) in [6.45, 7) is 7.99. The molecule has 0 saturated carbocycles. The van der Waals surface area contributed by atoms with Crippen molar-refractivity contribution in [2.45, 2.75) is 13.8 Å². The van der Waals surface area contributed by atoms with E-state index < -0.39 is 0 Å². The Morgan fingerprint density at radius 3 is 2.36 bits per heavy atom. The van der Waals surface area contributed by atoms with Crippen molar-refractivity contribution in [2.24, 2.45) is 0 Å². The predicted molar refractivity (Wildman–Crippen MR) is 113 cm³/mol. The van der Waals surface area contributed by atoms with Gasteiger partial charge in [0.15, 0.2) is 0 Å². The van der Waals surface area contributed by atoms with Crippen molar-refractivity contribution in [3.05, 3.63) is 59.2 Å². The second kappa shape index (κ2) is 8.89. The summed E-state index contributed by atoms with van der Waals surface area (Å²) in [4.78, 5) is 29.1. The highest BCUT2D eigenvalue weighted by Gasteiger charge is 2.16. The summed E-state index contributed by atoms with van der Waals surface area (Å²) in [6.07, 6.45) is 0. The second-order valence-corrected chi connectivity index (χ2v) is 7.34. The Morgan fingerprint density at radius 2 is 1.68 bits per heavy atom. The fourth-order valence-electron chi connectivity index (χ4n) is 3.42. The van der Waals surface area contributed by atoms with Crippen LogP contribution in [0.4, 0.5) is 11.4 Å². The molecule has 1 saturated heterocycles. The van der Waals surface area contributed by atoms with Gasteiger partial charge in [0.1, 0.15) is 0 Å². The number of carbonyl (C=O) groups is 2. The number of nitrogens with one attached hydrogen (secondary N) is 2. The number of piperazine rings is 1. The lowest BCUT2D eigenvalue weighted by molar-refractivity contribution is -0.115. The molecule has 0 atom stereocenters. The summed E-state index contributed by atoms with van der Waals surface area (Å²) in [5.74, 6) is -0.483. The molecule has 6 nitrogen and oxygen atoms in total. The highest BCUT2D eigenvalue weighted by molar-refractivity contribution is 6.00. The molecule has 1 fully saturated rings. The molecule has 2 amide bonds. The first-order chi connectivity index (χ1) is 13.4. The van der Waals surface area contributed by atoms with Crippen LogP contribution in [-0.4, -0.2) is 56.5 Å². The molecule has 6 heteroatoms. The molecule has 0 aromatic heterocycles. The van der Waals surface area contributed by atoms with E-state index in [-0.39, 0.29) is 18.4 Å². The first kappa shape index (κ1) is 19.9. The average Bonchev–Trinajstić information content (AvgIpc) is 2.67. The molecule has 148 valence electrons. The van der Waals surface area contributed by atoms with Gasteiger partial charge in [0, 0.05) is 43.1 Å². The lowest BCUT2D eigenvalue weighted by Gasteiger charge is -2.35. The van der Waals surface area contributed by atoms with E-state index in [1.165, 1.54) is 5.69 Å². The number of hydrogen-bond donors (Lipinski definition) is 2. The van der Waals surface area contributed by atoms with Gasteiger partial charge in [-0.1, -0.05) is 18.2 Å². The van der Waals surface area contributed by atoms with Gasteiger partial charge in [0.25, 0.3) is 5.91 Å². The number of nitrogens with zero attached hydrogens (tertiary/aromatic N) is 2. The zero-order valence-corrected chi connectivity index (χ0v) is 16.8. The zero-order valence-electron chi connectivity index (χ0n) is 16.8. The third-order valence-corrected chi connectivity index (χ3v) is 5.12. The van der Waals surface area contributed by atoms with Crippen LogP contribution >= 0.6 is 0 Å². The molecular formula is C22H28N4O2. The summed E-state index contributed by atoms with van der Waals surface area (Å²) in [7, 11) is 2.14. The smallest absolute Gasteiger partial charge is 0.251 e. The van der Waals surface area contributed by atoms with Gasteiger partial charge in [-0.05, 0) is 56.3 Å². The Labute approximate surface area is 166 Å². The van der Waals surface area contributed by atoms with E-state index in [9.17, 15) is 9.59 Å². The first-order valence-corrected chi connectivity index (χ1v) is 9.62. The van der Waals surface area contributed by atoms with Crippen LogP contribution in [0.5, 0.6) is 0 Å². The van der Waals surface area contributed by atoms with Crippen LogP contribution in [0.25, 0.3) is 0 Å². The number of amides is 2. The third-order valence-electron chi connectivity index (χ3n) is 5.12. The van der Waals surface area contributed by atoms with Crippen molar-refractivity contribution in [3.8, 4) is 0 Å². The van der Waals surface area contributed by atoms with Crippen LogP contribution in [-0.2, 0) is 4.79 Å². The van der Waals surface area contributed by atoms with Gasteiger partial charge >= 0.3 is 0 Å². The topological polar surface area (TPSA) is 64.7 Å². The normalized spacial score (nSPS) is 14.6. The second-order valence-electron chi connectivity index (χ2n) is 7.34. The molecular weight excluding hydrogens is 352 g/mol. The average molecular weight is 380 g/mol. The van der Waals surface area contributed by atoms with E-state index in [1.54, 1.807) is 6.07 Å². The van der Waals surface area contributed by atoms with Gasteiger partial charge in [-0.15, -0.1) is 0 Å². The Hall–Kier alpha value is -2.86. The van der Waals surface area contributed by atoms with E-state index in [1.807, 2.05) is 37.3 Å². The van der Waals surface area contributed by atoms with Gasteiger partial charge in [0.2, 0.25) is 5.91 Å². The Bertz CT molecular complexity index is 857. The molecule has 2 N–H and O–H groups in total. The van der Waals surface area contributed by atoms with E-state index in [2.05, 4.69) is 40.5 Å². The Morgan fingerprint density at radius 1 is 0.964 bits per heavy atom. The minimum atomic E-state index is -0.242. The maximum absolute atomic E-state index is 12.2. The van der Waals surface area contributed by atoms with Crippen LogP contribution in [0, 0.1) is 13.8 Å². The van der Waals surface area contributed by atoms with Crippen LogP contribution in [0.3, 0.4) is 0 Å². The first-order valence-electron chi connectivity index (χ1n) is 9.62. The molecule has 28 heavy (non-hydrogen) atoms. The number of anilines is 2. The summed E-state index contributed by atoms with van der Waals surface area (Å²) in [6, 6.07) is 13.3. The van der Waals surface area contributed by atoms with Gasteiger partial charge < -0.3 is 20.4 Å². The highest BCUT2D eigenvalue weighted by Crippen LogP contribution is 2.24. The standard InChI is InChI=1S/C22H28N4O2/c1-16-6-4-5-7-19(16)22(28)23-15-21(27)24-18-8-9-20(17(2)14-18)26-12-10-25(3)11-13-26/h4-9,14H,10-13,15H2,1-3H3,(H,23,28)(H,24,27). The van der Waals surface area contributed by atoms with Crippen LogP contribution in [0.15, 0.2) is 42.5 Å². The molecule has 0 radical (unpaired) electrons. The quantitative estimate of drug-likeness (QED) is 0.836. The third kappa shape index (κ3) is 4.89. The van der Waals surface area contributed by atoms with Crippen molar-refractivity contribution in [1.82, 2.24) is 10.2 Å². The summed E-state index contributed by atoms with van der Waals surface area (Å²) in [5.41, 5.74) is 4.55. The lowest BCUT2D eigenvalue weighted by Crippen LogP contribution is -2.44. The van der Waals surface area contributed by atoms with Gasteiger partial charge in [0.05, 0.1) is 6.54 Å². The van der Waals surface area contributed by atoms with Crippen molar-refractivity contribution in [1.29, 1.82) is 0 Å². The van der Waals surface area contributed by atoms with E-state index >= 15 is 0 Å². The van der Waals surface area contributed by atoms with E-state index in [4.69, 9.17) is 0 Å². The largest absolute Gasteiger partial charge is 0.369 e. The van der Waals surface area contributed by atoms with Crippen molar-refractivity contribution in [3.63, 3.8) is 0 Å². The molecule has 3 rings (SSSR count). The molecule has 1 aliphatic heterocycles. The molecule has 0 unspecified atom stereocenters. The van der Waals surface area contributed by atoms with Crippen LogP contribution < -0.4 is 15.5 Å². The monoisotopic (exact) mass is 380 g/mol. The number of carbonyl (C=O) groups excluding carboxylic acids is 2. The maximum Gasteiger partial charge on any atom is 0.251 e. The minimum absolute atomic E-state index is 0.0631. The summed E-state index contributed by atoms with van der Waals surface area (Å²) in [5, 5.41) is 5.54. The van der Waals surface area contributed by atoms with Crippen LogP contribution in [0.1, 0.15) is 21.5 Å². The Kier molecular flexibility index (Phi) is 6.31. The van der Waals surface area contributed by atoms with E-state index in [0.717, 1.165) is 43.0 Å². The summed E-state index contributed by atoms with van der Waals surface area (Å²) >= 11 is 0. The SMILES string of the molecule is Cc1ccccc1C(=O)NCC(=O)Nc1ccc(N2CCN(C)CC2)c(C)c1. The Balaban J connectivity index is 1.55. The molecule has 1 heterocycles. The van der Waals surface area contributed by atoms with Crippen molar-refractivity contribution >= 4 is 23.2 Å². The van der Waals surface area contributed by atoms with E-state index in [0.29, 0.717) is 5.56 Å². The highest BCUT2D eigenvalue weighted by atomic mass is 16.2. The van der Waals surface area contributed by atoms with Crippen molar-refractivity contribution < 1.29 is 9.59 Å². The fraction of sp³-hybridized carbons (Fsp3) is 0.364. The van der Waals surface area contributed by atoms with Crippen molar-refractivity contribution in [2.75, 3.05) is 50.0 Å². The zero-order chi connectivity index (χ0) is 20.1. The molecule has 0 aliphatic carbocycles. The molecule has 1 aliphatic rings. The van der Waals surface area contributed by atoms with Gasteiger partial charge in [-0.2, -0.15) is 0 Å². The number of benzene rings is 2. The molecule has 2 aromatic rings. The lowest BCUT2D eigenvalue weighted by atomic mass is 10.1. The number of aryl methyl sites for hydroxylation is 2. The van der Waals surface area contributed by atoms with Gasteiger partial charge in [-0.3, -0.25) is 9.59 Å². The summed E-state index contributed by atoms with van der Waals surface area (Å²) < 4.78 is 0. The molecule has 0 spiro atoms. The minimum Gasteiger partial charge on any atom is -0.369 e. The predicted octanol–water partition coefficient (Wildman–Crippen LogP) is 2.42. The van der Waals surface area contributed by atoms with Crippen LogP contribution in [0.2, 0.25) is 0 Å². The molecule has 2 aromatic carbocycles. The fourth-order valence-corrected chi connectivity index (χ4v) is 3.42. The number of likely N-dealkylation sites (N-methyl/N-ethyl adjacent to an activating group) is 1. The molecule has 0 bridgehead atoms. The number of hydrogen-bond acceptors (Lipinski definition) is 4. The number of rotatable bonds is 5.